The molecule has 0 saturated heterocycles. The quantitative estimate of drug-likeness (QED) is 0.647. The molecule has 8 heteroatoms. The van der Waals surface area contributed by atoms with Gasteiger partial charge in [0.05, 0.1) is 4.92 Å². The van der Waals surface area contributed by atoms with E-state index in [1.165, 1.54) is 24.3 Å². The van der Waals surface area contributed by atoms with Crippen molar-refractivity contribution in [2.24, 2.45) is 5.92 Å². The van der Waals surface area contributed by atoms with Gasteiger partial charge in [0, 0.05) is 35.0 Å². The summed E-state index contributed by atoms with van der Waals surface area (Å²) in [5, 5.41) is 13.5. The number of benzene rings is 1. The number of Topliss-reactive ketones (excluding diaryl/α,β-unsaturated/α-hetero) is 1. The molecule has 2 aromatic rings. The van der Waals surface area contributed by atoms with Crippen LogP contribution in [0, 0.1) is 23.0 Å². The number of nitrogens with zero attached hydrogens (tertiary/aromatic N) is 1. The van der Waals surface area contributed by atoms with Crippen molar-refractivity contribution in [3.05, 3.63) is 67.1 Å². The van der Waals surface area contributed by atoms with Crippen LogP contribution >= 0.6 is 0 Å². The van der Waals surface area contributed by atoms with Crippen molar-refractivity contribution in [1.29, 1.82) is 0 Å². The smallest absolute Gasteiger partial charge is 0.274 e. The van der Waals surface area contributed by atoms with E-state index in [1.807, 2.05) is 6.92 Å². The lowest BCUT2D eigenvalue weighted by atomic mass is 9.86. The number of hydrogen-bond acceptors (Lipinski definition) is 5. The number of aryl methyl sites for hydroxylation is 1. The van der Waals surface area contributed by atoms with Crippen LogP contribution in [0.25, 0.3) is 0 Å². The van der Waals surface area contributed by atoms with Crippen molar-refractivity contribution >= 4 is 23.1 Å². The van der Waals surface area contributed by atoms with E-state index in [4.69, 9.17) is 0 Å². The number of nitrogens with one attached hydrogen (secondary N) is 2. The number of hydrogen-bond donors (Lipinski definition) is 2. The molecule has 134 valence electrons. The first-order valence-electron chi connectivity index (χ1n) is 8.12. The van der Waals surface area contributed by atoms with Crippen LogP contribution in [-0.4, -0.2) is 21.6 Å². The molecule has 1 amide bonds. The van der Waals surface area contributed by atoms with Crippen LogP contribution in [-0.2, 0) is 6.42 Å². The number of aromatic nitrogens is 1. The first-order chi connectivity index (χ1) is 12.3. The number of amides is 1. The highest BCUT2D eigenvalue weighted by Gasteiger charge is 2.26. The summed E-state index contributed by atoms with van der Waals surface area (Å²) in [5.41, 5.74) is 0.624. The Hall–Kier alpha value is -3.29. The Labute approximate surface area is 148 Å². The second kappa shape index (κ2) is 6.55. The Morgan fingerprint density at radius 1 is 1.27 bits per heavy atom. The van der Waals surface area contributed by atoms with E-state index < -0.39 is 16.4 Å². The zero-order valence-corrected chi connectivity index (χ0v) is 14.3. The fourth-order valence-corrected chi connectivity index (χ4v) is 3.08. The van der Waals surface area contributed by atoms with Gasteiger partial charge in [0.15, 0.2) is 5.78 Å². The van der Waals surface area contributed by atoms with Gasteiger partial charge in [0.1, 0.15) is 5.56 Å². The van der Waals surface area contributed by atoms with Crippen LogP contribution in [0.1, 0.15) is 45.3 Å². The van der Waals surface area contributed by atoms with E-state index in [9.17, 15) is 24.5 Å². The summed E-state index contributed by atoms with van der Waals surface area (Å²) in [6.45, 7) is 3.51. The average molecular weight is 355 g/mol. The summed E-state index contributed by atoms with van der Waals surface area (Å²) in [6.07, 6.45) is 0.937. The fraction of sp³-hybridized carbons (Fsp3) is 0.278. The Morgan fingerprint density at radius 3 is 2.69 bits per heavy atom. The Morgan fingerprint density at radius 2 is 2.00 bits per heavy atom. The van der Waals surface area contributed by atoms with Gasteiger partial charge in [0.25, 0.3) is 17.2 Å². The van der Waals surface area contributed by atoms with E-state index in [0.29, 0.717) is 29.7 Å². The van der Waals surface area contributed by atoms with E-state index in [-0.39, 0.29) is 28.6 Å². The number of carbonyl (C=O) groups excluding carboxylic acids is 2. The number of carbonyl (C=O) groups is 2. The molecule has 0 saturated carbocycles. The predicted molar refractivity (Wildman–Crippen MR) is 94.7 cm³/mol. The molecule has 1 atom stereocenters. The molecule has 3 rings (SSSR count). The third-order valence-electron chi connectivity index (χ3n) is 4.42. The van der Waals surface area contributed by atoms with Crippen molar-refractivity contribution < 1.29 is 14.5 Å². The van der Waals surface area contributed by atoms with Crippen molar-refractivity contribution in [2.75, 3.05) is 5.32 Å². The van der Waals surface area contributed by atoms with Crippen LogP contribution in [0.2, 0.25) is 0 Å². The number of pyridine rings is 1. The fourth-order valence-electron chi connectivity index (χ4n) is 3.08. The monoisotopic (exact) mass is 355 g/mol. The van der Waals surface area contributed by atoms with Crippen LogP contribution in [0.5, 0.6) is 0 Å². The van der Waals surface area contributed by atoms with E-state index >= 15 is 0 Å². The highest BCUT2D eigenvalue weighted by Crippen LogP contribution is 2.25. The molecule has 0 aliphatic heterocycles. The number of rotatable bonds is 3. The highest BCUT2D eigenvalue weighted by molar-refractivity contribution is 6.06. The van der Waals surface area contributed by atoms with Gasteiger partial charge in [-0.25, -0.2) is 0 Å². The zero-order chi connectivity index (χ0) is 19.0. The molecular formula is C18H17N3O5. The number of anilines is 1. The van der Waals surface area contributed by atoms with Gasteiger partial charge in [-0.15, -0.1) is 0 Å². The third-order valence-corrected chi connectivity index (χ3v) is 4.42. The predicted octanol–water partition coefficient (Wildman–Crippen LogP) is 2.61. The number of H-pyrrole nitrogens is 1. The molecule has 0 spiro atoms. The van der Waals surface area contributed by atoms with E-state index in [0.717, 1.165) is 0 Å². The molecule has 0 fully saturated rings. The Bertz CT molecular complexity index is 993. The Balaban J connectivity index is 1.93. The third kappa shape index (κ3) is 3.26. The highest BCUT2D eigenvalue weighted by atomic mass is 16.6. The van der Waals surface area contributed by atoms with Gasteiger partial charge in [-0.3, -0.25) is 24.5 Å². The lowest BCUT2D eigenvalue weighted by molar-refractivity contribution is -0.385. The summed E-state index contributed by atoms with van der Waals surface area (Å²) >= 11 is 0. The van der Waals surface area contributed by atoms with Gasteiger partial charge in [-0.2, -0.15) is 0 Å². The number of ketones is 1. The van der Waals surface area contributed by atoms with Gasteiger partial charge < -0.3 is 10.3 Å². The molecule has 0 bridgehead atoms. The first kappa shape index (κ1) is 17.5. The van der Waals surface area contributed by atoms with Crippen LogP contribution in [0.3, 0.4) is 0 Å². The normalized spacial score (nSPS) is 16.1. The maximum atomic E-state index is 12.4. The molecule has 26 heavy (non-hydrogen) atoms. The second-order valence-electron chi connectivity index (χ2n) is 6.55. The van der Waals surface area contributed by atoms with Gasteiger partial charge in [-0.05, 0) is 31.4 Å². The molecule has 2 N–H and O–H groups in total. The van der Waals surface area contributed by atoms with Crippen molar-refractivity contribution in [2.45, 2.75) is 26.7 Å². The average Bonchev–Trinajstić information content (AvgIpc) is 2.55. The summed E-state index contributed by atoms with van der Waals surface area (Å²) in [7, 11) is 0. The maximum absolute atomic E-state index is 12.4. The topological polar surface area (TPSA) is 122 Å². The van der Waals surface area contributed by atoms with Crippen molar-refractivity contribution in [3.8, 4) is 0 Å². The van der Waals surface area contributed by atoms with Crippen molar-refractivity contribution in [1.82, 2.24) is 4.98 Å². The van der Waals surface area contributed by atoms with Crippen LogP contribution in [0.4, 0.5) is 11.4 Å². The zero-order valence-electron chi connectivity index (χ0n) is 14.3. The van der Waals surface area contributed by atoms with Crippen LogP contribution < -0.4 is 10.9 Å². The molecule has 1 unspecified atom stereocenters. The largest absolute Gasteiger partial charge is 0.325 e. The number of nitro benzene ring substituents is 1. The molecule has 1 aliphatic rings. The Kier molecular flexibility index (Phi) is 4.41. The first-order valence-corrected chi connectivity index (χ1v) is 8.12. The molecule has 1 aromatic heterocycles. The standard InChI is InChI=1S/C18H17N3O5/c1-9-5-14-12(16(22)6-9)8-13(18(24)20-14)17(23)19-11-4-3-10(2)15(7-11)21(25)26/h3-4,7-9H,5-6H2,1-2H3,(H,19,23)(H,20,24). The van der Waals surface area contributed by atoms with Gasteiger partial charge in [-0.1, -0.05) is 13.0 Å². The minimum absolute atomic E-state index is 0.116. The SMILES string of the molecule is Cc1ccc(NC(=O)c2cc3c([nH]c2=O)CC(C)CC3=O)cc1[N+](=O)[O-]. The molecule has 0 radical (unpaired) electrons. The summed E-state index contributed by atoms with van der Waals surface area (Å²) < 4.78 is 0. The number of aromatic amines is 1. The van der Waals surface area contributed by atoms with E-state index in [1.54, 1.807) is 6.92 Å². The lowest BCUT2D eigenvalue weighted by Crippen LogP contribution is -2.29. The molecule has 1 heterocycles. The number of nitro groups is 1. The van der Waals surface area contributed by atoms with E-state index in [2.05, 4.69) is 10.3 Å². The number of fused-ring (bicyclic) bond motifs is 1. The van der Waals surface area contributed by atoms with Crippen molar-refractivity contribution in [3.63, 3.8) is 0 Å². The molecular weight excluding hydrogens is 338 g/mol. The minimum atomic E-state index is -0.723. The van der Waals surface area contributed by atoms with Crippen LogP contribution in [0.15, 0.2) is 29.1 Å². The second-order valence-corrected chi connectivity index (χ2v) is 6.55. The van der Waals surface area contributed by atoms with Gasteiger partial charge >= 0.3 is 0 Å². The lowest BCUT2D eigenvalue weighted by Gasteiger charge is -2.20. The summed E-state index contributed by atoms with van der Waals surface area (Å²) in [6, 6.07) is 5.56. The van der Waals surface area contributed by atoms with Gasteiger partial charge in [0.2, 0.25) is 0 Å². The molecule has 1 aromatic carbocycles. The molecule has 8 nitrogen and oxygen atoms in total. The maximum Gasteiger partial charge on any atom is 0.274 e. The molecule has 1 aliphatic carbocycles. The minimum Gasteiger partial charge on any atom is -0.325 e. The summed E-state index contributed by atoms with van der Waals surface area (Å²) in [5.74, 6) is -0.702. The summed E-state index contributed by atoms with van der Waals surface area (Å²) in [4.78, 5) is 49.9.